The second-order valence-electron chi connectivity index (χ2n) is 6.01. The van der Waals surface area contributed by atoms with Crippen LogP contribution in [0.4, 0.5) is 0 Å². The summed E-state index contributed by atoms with van der Waals surface area (Å²) in [5, 5.41) is 0. The molecule has 0 aromatic rings. The lowest BCUT2D eigenvalue weighted by Crippen LogP contribution is -2.48. The molecule has 0 aromatic heterocycles. The van der Waals surface area contributed by atoms with E-state index in [2.05, 4.69) is 13.8 Å². The van der Waals surface area contributed by atoms with Crippen molar-refractivity contribution in [3.05, 3.63) is 0 Å². The van der Waals surface area contributed by atoms with Crippen molar-refractivity contribution in [2.45, 2.75) is 57.7 Å². The normalized spacial score (nSPS) is 37.9. The van der Waals surface area contributed by atoms with Crippen molar-refractivity contribution in [3.8, 4) is 0 Å². The van der Waals surface area contributed by atoms with Gasteiger partial charge in [-0.05, 0) is 31.1 Å². The van der Waals surface area contributed by atoms with E-state index < -0.39 is 0 Å². The van der Waals surface area contributed by atoms with E-state index in [9.17, 15) is 0 Å². The van der Waals surface area contributed by atoms with Crippen molar-refractivity contribution in [1.82, 2.24) is 0 Å². The fraction of sp³-hybridized carbons (Fsp3) is 1.00. The first-order chi connectivity index (χ1) is 8.15. The zero-order chi connectivity index (χ0) is 12.3. The molecule has 0 aromatic carbocycles. The minimum absolute atomic E-state index is 0.0940. The van der Waals surface area contributed by atoms with Crippen LogP contribution in [-0.2, 0) is 9.47 Å². The van der Waals surface area contributed by atoms with Crippen LogP contribution < -0.4 is 5.73 Å². The van der Waals surface area contributed by atoms with Crippen LogP contribution in [0, 0.1) is 11.8 Å². The summed E-state index contributed by atoms with van der Waals surface area (Å²) >= 11 is 0. The predicted molar refractivity (Wildman–Crippen MR) is 68.9 cm³/mol. The molecule has 1 aliphatic carbocycles. The number of hydrogen-bond donors (Lipinski definition) is 1. The molecule has 3 atom stereocenters. The van der Waals surface area contributed by atoms with E-state index in [-0.39, 0.29) is 5.60 Å². The van der Waals surface area contributed by atoms with Crippen molar-refractivity contribution in [1.29, 1.82) is 0 Å². The van der Waals surface area contributed by atoms with E-state index in [4.69, 9.17) is 15.2 Å². The van der Waals surface area contributed by atoms with Crippen LogP contribution in [0.1, 0.15) is 46.0 Å². The monoisotopic (exact) mass is 241 g/mol. The lowest BCUT2D eigenvalue weighted by Gasteiger charge is -2.42. The van der Waals surface area contributed by atoms with E-state index in [1.165, 1.54) is 19.3 Å². The number of ether oxygens (including phenoxy) is 2. The van der Waals surface area contributed by atoms with Gasteiger partial charge >= 0.3 is 0 Å². The molecule has 0 radical (unpaired) electrons. The largest absolute Gasteiger partial charge is 0.381 e. The Morgan fingerprint density at radius 1 is 1.18 bits per heavy atom. The van der Waals surface area contributed by atoms with Crippen LogP contribution in [0.15, 0.2) is 0 Å². The first-order valence-corrected chi connectivity index (χ1v) is 7.11. The topological polar surface area (TPSA) is 44.5 Å². The molecule has 2 fully saturated rings. The Kier molecular flexibility index (Phi) is 4.45. The lowest BCUT2D eigenvalue weighted by molar-refractivity contribution is -0.151. The highest BCUT2D eigenvalue weighted by molar-refractivity contribution is 4.87. The summed E-state index contributed by atoms with van der Waals surface area (Å²) in [6.07, 6.45) is 6.04. The van der Waals surface area contributed by atoms with Gasteiger partial charge in [-0.3, -0.25) is 0 Å². The van der Waals surface area contributed by atoms with Crippen molar-refractivity contribution < 1.29 is 9.47 Å². The first kappa shape index (κ1) is 13.3. The Balaban J connectivity index is 1.90. The molecule has 1 saturated heterocycles. The zero-order valence-corrected chi connectivity index (χ0v) is 11.3. The van der Waals surface area contributed by atoms with Crippen molar-refractivity contribution in [3.63, 3.8) is 0 Å². The Hall–Kier alpha value is -0.120. The third-order valence-corrected chi connectivity index (χ3v) is 4.74. The van der Waals surface area contributed by atoms with Crippen LogP contribution >= 0.6 is 0 Å². The molecule has 0 amide bonds. The molecule has 3 heteroatoms. The van der Waals surface area contributed by atoms with E-state index in [0.717, 1.165) is 37.9 Å². The van der Waals surface area contributed by atoms with E-state index in [1.807, 2.05) is 0 Å². The fourth-order valence-electron chi connectivity index (χ4n) is 3.07. The summed E-state index contributed by atoms with van der Waals surface area (Å²) in [5.41, 5.74) is 5.84. The average Bonchev–Trinajstić information content (AvgIpc) is 2.35. The van der Waals surface area contributed by atoms with Gasteiger partial charge in [0, 0.05) is 32.6 Å². The molecule has 1 aliphatic heterocycles. The standard InChI is InChI=1S/C14H27NO2/c1-11-3-4-13(9-12(11)2)17-14(10-15)5-7-16-8-6-14/h11-13H,3-10,15H2,1-2H3. The third-order valence-electron chi connectivity index (χ3n) is 4.74. The Morgan fingerprint density at radius 2 is 1.88 bits per heavy atom. The van der Waals surface area contributed by atoms with Gasteiger partial charge in [0.2, 0.25) is 0 Å². The second kappa shape index (κ2) is 5.68. The molecule has 1 saturated carbocycles. The Labute approximate surface area is 105 Å². The van der Waals surface area contributed by atoms with Crippen molar-refractivity contribution in [2.75, 3.05) is 19.8 Å². The molecular formula is C14H27NO2. The molecule has 3 unspecified atom stereocenters. The first-order valence-electron chi connectivity index (χ1n) is 7.11. The summed E-state index contributed by atoms with van der Waals surface area (Å²) in [7, 11) is 0. The van der Waals surface area contributed by atoms with Crippen LogP contribution in [-0.4, -0.2) is 31.5 Å². The quantitative estimate of drug-likeness (QED) is 0.825. The lowest BCUT2D eigenvalue weighted by atomic mass is 9.79. The number of hydrogen-bond acceptors (Lipinski definition) is 3. The maximum absolute atomic E-state index is 6.38. The summed E-state index contributed by atoms with van der Waals surface area (Å²) in [6.45, 7) is 6.94. The number of rotatable bonds is 3. The van der Waals surface area contributed by atoms with Gasteiger partial charge in [0.15, 0.2) is 0 Å². The molecule has 1 heterocycles. The van der Waals surface area contributed by atoms with Crippen molar-refractivity contribution >= 4 is 0 Å². The van der Waals surface area contributed by atoms with Crippen LogP contribution in [0.25, 0.3) is 0 Å². The maximum atomic E-state index is 6.38. The van der Waals surface area contributed by atoms with Gasteiger partial charge in [0.25, 0.3) is 0 Å². The third kappa shape index (κ3) is 3.21. The van der Waals surface area contributed by atoms with Gasteiger partial charge in [0.05, 0.1) is 11.7 Å². The van der Waals surface area contributed by atoms with Gasteiger partial charge in [-0.1, -0.05) is 13.8 Å². The molecule has 2 aliphatic rings. The smallest absolute Gasteiger partial charge is 0.0851 e. The fourth-order valence-corrected chi connectivity index (χ4v) is 3.07. The molecular weight excluding hydrogens is 214 g/mol. The highest BCUT2D eigenvalue weighted by Crippen LogP contribution is 2.35. The minimum atomic E-state index is -0.0940. The predicted octanol–water partition coefficient (Wildman–Crippen LogP) is 2.34. The second-order valence-corrected chi connectivity index (χ2v) is 6.01. The van der Waals surface area contributed by atoms with E-state index in [0.29, 0.717) is 12.6 Å². The van der Waals surface area contributed by atoms with Gasteiger partial charge in [-0.15, -0.1) is 0 Å². The molecule has 17 heavy (non-hydrogen) atoms. The van der Waals surface area contributed by atoms with Crippen LogP contribution in [0.3, 0.4) is 0 Å². The Morgan fingerprint density at radius 3 is 2.47 bits per heavy atom. The molecule has 0 spiro atoms. The molecule has 0 bridgehead atoms. The van der Waals surface area contributed by atoms with Gasteiger partial charge in [-0.25, -0.2) is 0 Å². The summed E-state index contributed by atoms with van der Waals surface area (Å²) in [6, 6.07) is 0. The van der Waals surface area contributed by atoms with Crippen molar-refractivity contribution in [2.24, 2.45) is 17.6 Å². The average molecular weight is 241 g/mol. The summed E-state index contributed by atoms with van der Waals surface area (Å²) < 4.78 is 11.8. The minimum Gasteiger partial charge on any atom is -0.381 e. The molecule has 3 nitrogen and oxygen atoms in total. The van der Waals surface area contributed by atoms with Gasteiger partial charge in [-0.2, -0.15) is 0 Å². The highest BCUT2D eigenvalue weighted by Gasteiger charge is 2.36. The highest BCUT2D eigenvalue weighted by atomic mass is 16.5. The van der Waals surface area contributed by atoms with Gasteiger partial charge < -0.3 is 15.2 Å². The molecule has 100 valence electrons. The number of nitrogens with two attached hydrogens (primary N) is 1. The van der Waals surface area contributed by atoms with E-state index >= 15 is 0 Å². The summed E-state index contributed by atoms with van der Waals surface area (Å²) in [5.74, 6) is 1.63. The van der Waals surface area contributed by atoms with Crippen LogP contribution in [0.2, 0.25) is 0 Å². The van der Waals surface area contributed by atoms with Crippen LogP contribution in [0.5, 0.6) is 0 Å². The van der Waals surface area contributed by atoms with E-state index in [1.54, 1.807) is 0 Å². The zero-order valence-electron chi connectivity index (χ0n) is 11.3. The molecule has 2 N–H and O–H groups in total. The summed E-state index contributed by atoms with van der Waals surface area (Å²) in [4.78, 5) is 0. The Bertz CT molecular complexity index is 238. The van der Waals surface area contributed by atoms with Gasteiger partial charge in [0.1, 0.15) is 0 Å². The maximum Gasteiger partial charge on any atom is 0.0851 e. The molecule has 2 rings (SSSR count). The SMILES string of the molecule is CC1CCC(OC2(CN)CCOCC2)CC1C.